The first-order valence-corrected chi connectivity index (χ1v) is 10.5. The smallest absolute Gasteiger partial charge is 0.328 e. The van der Waals surface area contributed by atoms with E-state index >= 15 is 0 Å². The van der Waals surface area contributed by atoms with Gasteiger partial charge in [-0.25, -0.2) is 4.79 Å². The Kier molecular flexibility index (Phi) is 4.66. The van der Waals surface area contributed by atoms with Crippen LogP contribution in [0.4, 0.5) is 0 Å². The van der Waals surface area contributed by atoms with Gasteiger partial charge in [0, 0.05) is 42.2 Å². The summed E-state index contributed by atoms with van der Waals surface area (Å²) in [6.45, 7) is 1.55. The van der Waals surface area contributed by atoms with E-state index in [1.807, 2.05) is 12.1 Å². The fourth-order valence-electron chi connectivity index (χ4n) is 5.01. The van der Waals surface area contributed by atoms with E-state index < -0.39 is 5.97 Å². The highest BCUT2D eigenvalue weighted by atomic mass is 16.4. The van der Waals surface area contributed by atoms with E-state index in [9.17, 15) is 9.59 Å². The number of carbonyl (C=O) groups excluding carboxylic acids is 1. The van der Waals surface area contributed by atoms with Crippen molar-refractivity contribution >= 4 is 28.9 Å². The van der Waals surface area contributed by atoms with Crippen molar-refractivity contribution < 1.29 is 14.7 Å². The van der Waals surface area contributed by atoms with Crippen LogP contribution in [0.5, 0.6) is 0 Å². The van der Waals surface area contributed by atoms with E-state index in [1.165, 1.54) is 22.2 Å². The first kappa shape index (κ1) is 18.7. The van der Waals surface area contributed by atoms with E-state index in [0.29, 0.717) is 6.42 Å². The fraction of sp³-hybridized carbons (Fsp3) is 0.280. The topological polar surface area (TPSA) is 62.5 Å². The lowest BCUT2D eigenvalue weighted by Crippen LogP contribution is -2.43. The van der Waals surface area contributed by atoms with Gasteiger partial charge in [0.15, 0.2) is 0 Å². The van der Waals surface area contributed by atoms with Crippen LogP contribution < -0.4 is 0 Å². The standard InChI is InChI=1S/C25H24N2O3/c28-23-7-3-6-22-25-20(14-15-26(22)23)19-4-1-2-5-21(19)27(25)16-18-10-8-17(9-11-18)12-13-24(29)30/h1-2,4-5,8-13,22H,3,6-7,14-16H2,(H,29,30)/b13-12+. The van der Waals surface area contributed by atoms with Gasteiger partial charge in [0.05, 0.1) is 6.04 Å². The Labute approximate surface area is 175 Å². The summed E-state index contributed by atoms with van der Waals surface area (Å²) in [7, 11) is 0. The molecule has 2 aliphatic rings. The van der Waals surface area contributed by atoms with E-state index in [4.69, 9.17) is 5.11 Å². The summed E-state index contributed by atoms with van der Waals surface area (Å²) in [5.74, 6) is -0.667. The van der Waals surface area contributed by atoms with Gasteiger partial charge in [-0.05, 0) is 48.1 Å². The van der Waals surface area contributed by atoms with Gasteiger partial charge < -0.3 is 14.6 Å². The Balaban J connectivity index is 1.56. The van der Waals surface area contributed by atoms with Crippen molar-refractivity contribution in [3.8, 4) is 0 Å². The van der Waals surface area contributed by atoms with Crippen LogP contribution in [0.2, 0.25) is 0 Å². The highest BCUT2D eigenvalue weighted by Crippen LogP contribution is 2.42. The normalized spacial score (nSPS) is 18.6. The molecule has 0 spiro atoms. The molecular formula is C25H24N2O3. The van der Waals surface area contributed by atoms with Crippen LogP contribution in [0, 0.1) is 0 Å². The second-order valence-electron chi connectivity index (χ2n) is 8.13. The Morgan fingerprint density at radius 1 is 1.10 bits per heavy atom. The van der Waals surface area contributed by atoms with E-state index in [-0.39, 0.29) is 11.9 Å². The number of hydrogen-bond donors (Lipinski definition) is 1. The molecule has 1 amide bonds. The van der Waals surface area contributed by atoms with Gasteiger partial charge in [0.2, 0.25) is 5.91 Å². The number of carboxylic acid groups (broad SMARTS) is 1. The number of rotatable bonds is 4. The van der Waals surface area contributed by atoms with Crippen molar-refractivity contribution in [2.24, 2.45) is 0 Å². The zero-order valence-electron chi connectivity index (χ0n) is 16.8. The van der Waals surface area contributed by atoms with Crippen LogP contribution in [0.25, 0.3) is 17.0 Å². The summed E-state index contributed by atoms with van der Waals surface area (Å²) >= 11 is 0. The molecule has 1 N–H and O–H groups in total. The Bertz CT molecular complexity index is 1160. The Hall–Kier alpha value is -3.34. The summed E-state index contributed by atoms with van der Waals surface area (Å²) in [6.07, 6.45) is 6.30. The number of amides is 1. The molecule has 3 aromatic rings. The molecule has 1 fully saturated rings. The van der Waals surface area contributed by atoms with Gasteiger partial charge in [0.1, 0.15) is 0 Å². The van der Waals surface area contributed by atoms with Crippen molar-refractivity contribution in [1.82, 2.24) is 9.47 Å². The van der Waals surface area contributed by atoms with E-state index in [2.05, 4.69) is 45.9 Å². The Morgan fingerprint density at radius 3 is 2.70 bits per heavy atom. The predicted molar refractivity (Wildman–Crippen MR) is 116 cm³/mol. The monoisotopic (exact) mass is 400 g/mol. The maximum atomic E-state index is 12.5. The largest absolute Gasteiger partial charge is 0.478 e. The third-order valence-corrected chi connectivity index (χ3v) is 6.34. The van der Waals surface area contributed by atoms with Crippen molar-refractivity contribution in [3.05, 3.63) is 77.0 Å². The summed E-state index contributed by atoms with van der Waals surface area (Å²) in [6, 6.07) is 16.7. The highest BCUT2D eigenvalue weighted by molar-refractivity contribution is 5.87. The molecule has 3 heterocycles. The molecule has 2 aromatic carbocycles. The number of fused-ring (bicyclic) bond motifs is 5. The SMILES string of the molecule is O=C(O)/C=C/c1ccc(Cn2c3c(c4ccccc42)CCN2C(=O)CCCC32)cc1. The molecule has 1 saturated heterocycles. The molecule has 2 aliphatic heterocycles. The molecule has 5 nitrogen and oxygen atoms in total. The number of hydrogen-bond acceptors (Lipinski definition) is 2. The molecule has 1 unspecified atom stereocenters. The van der Waals surface area contributed by atoms with Crippen LogP contribution in [-0.2, 0) is 22.6 Å². The molecule has 0 radical (unpaired) electrons. The summed E-state index contributed by atoms with van der Waals surface area (Å²) in [5.41, 5.74) is 5.93. The van der Waals surface area contributed by atoms with Crippen LogP contribution in [-0.4, -0.2) is 33.0 Å². The first-order chi connectivity index (χ1) is 14.6. The number of aliphatic carboxylic acids is 1. The third-order valence-electron chi connectivity index (χ3n) is 6.34. The number of carboxylic acids is 1. The number of para-hydroxylation sites is 1. The average Bonchev–Trinajstić information content (AvgIpc) is 3.08. The maximum Gasteiger partial charge on any atom is 0.328 e. The summed E-state index contributed by atoms with van der Waals surface area (Å²) < 4.78 is 2.39. The number of nitrogens with zero attached hydrogens (tertiary/aromatic N) is 2. The van der Waals surface area contributed by atoms with Gasteiger partial charge in [0.25, 0.3) is 0 Å². The lowest BCUT2D eigenvalue weighted by Gasteiger charge is -2.40. The average molecular weight is 400 g/mol. The van der Waals surface area contributed by atoms with Gasteiger partial charge in [-0.15, -0.1) is 0 Å². The molecule has 5 heteroatoms. The lowest BCUT2D eigenvalue weighted by atomic mass is 9.90. The Morgan fingerprint density at radius 2 is 1.90 bits per heavy atom. The second-order valence-corrected chi connectivity index (χ2v) is 8.13. The van der Waals surface area contributed by atoms with E-state index in [1.54, 1.807) is 6.08 Å². The third kappa shape index (κ3) is 3.20. The second kappa shape index (κ2) is 7.48. The molecule has 1 aromatic heterocycles. The van der Waals surface area contributed by atoms with E-state index in [0.717, 1.165) is 49.6 Å². The molecule has 5 rings (SSSR count). The molecule has 30 heavy (non-hydrogen) atoms. The molecule has 152 valence electrons. The van der Waals surface area contributed by atoms with Crippen LogP contribution in [0.15, 0.2) is 54.6 Å². The van der Waals surface area contributed by atoms with Gasteiger partial charge in [-0.2, -0.15) is 0 Å². The van der Waals surface area contributed by atoms with Crippen molar-refractivity contribution in [2.45, 2.75) is 38.3 Å². The fourth-order valence-corrected chi connectivity index (χ4v) is 5.01. The molecular weight excluding hydrogens is 376 g/mol. The van der Waals surface area contributed by atoms with Crippen molar-refractivity contribution in [3.63, 3.8) is 0 Å². The number of benzene rings is 2. The maximum absolute atomic E-state index is 12.5. The van der Waals surface area contributed by atoms with Gasteiger partial charge >= 0.3 is 5.97 Å². The van der Waals surface area contributed by atoms with Crippen molar-refractivity contribution in [2.75, 3.05) is 6.54 Å². The molecule has 0 aliphatic carbocycles. The first-order valence-electron chi connectivity index (χ1n) is 10.5. The van der Waals surface area contributed by atoms with Crippen LogP contribution in [0.3, 0.4) is 0 Å². The minimum atomic E-state index is -0.948. The lowest BCUT2D eigenvalue weighted by molar-refractivity contribution is -0.137. The molecule has 0 bridgehead atoms. The number of carbonyl (C=O) groups is 2. The number of aromatic nitrogens is 1. The summed E-state index contributed by atoms with van der Waals surface area (Å²) in [5, 5.41) is 10.1. The predicted octanol–water partition coefficient (Wildman–Crippen LogP) is 4.40. The quantitative estimate of drug-likeness (QED) is 0.661. The zero-order valence-corrected chi connectivity index (χ0v) is 16.8. The zero-order chi connectivity index (χ0) is 20.7. The molecule has 1 atom stereocenters. The van der Waals surface area contributed by atoms with Gasteiger partial charge in [-0.3, -0.25) is 4.79 Å². The number of piperidine rings is 1. The van der Waals surface area contributed by atoms with Crippen LogP contribution in [0.1, 0.15) is 47.7 Å². The van der Waals surface area contributed by atoms with Gasteiger partial charge in [-0.1, -0.05) is 42.5 Å². The summed E-state index contributed by atoms with van der Waals surface area (Å²) in [4.78, 5) is 25.4. The minimum Gasteiger partial charge on any atom is -0.478 e. The van der Waals surface area contributed by atoms with Crippen LogP contribution >= 0.6 is 0 Å². The highest BCUT2D eigenvalue weighted by Gasteiger charge is 2.37. The molecule has 0 saturated carbocycles. The van der Waals surface area contributed by atoms with Crippen molar-refractivity contribution in [1.29, 1.82) is 0 Å². The minimum absolute atomic E-state index is 0.167.